The molecule has 1 fully saturated rings. The third-order valence-corrected chi connectivity index (χ3v) is 4.31. The predicted octanol–water partition coefficient (Wildman–Crippen LogP) is 2.95. The number of carbonyl (C=O) groups excluding carboxylic acids is 1. The first-order chi connectivity index (χ1) is 12.4. The molecule has 6 nitrogen and oxygen atoms in total. The van der Waals surface area contributed by atoms with Gasteiger partial charge in [-0.3, -0.25) is 4.79 Å². The Morgan fingerprint density at radius 2 is 2.08 bits per heavy atom. The number of halogens is 3. The molecule has 0 radical (unpaired) electrons. The minimum absolute atomic E-state index is 0.126. The fourth-order valence-corrected chi connectivity index (χ4v) is 2.92. The van der Waals surface area contributed by atoms with Gasteiger partial charge in [-0.05, 0) is 50.0 Å². The van der Waals surface area contributed by atoms with Crippen LogP contribution in [0, 0.1) is 0 Å². The Hall–Kier alpha value is -2.42. The molecule has 2 heterocycles. The van der Waals surface area contributed by atoms with Crippen LogP contribution in [0.3, 0.4) is 0 Å². The first kappa shape index (κ1) is 18.4. The van der Waals surface area contributed by atoms with Crippen LogP contribution in [0.2, 0.25) is 0 Å². The molecule has 1 saturated heterocycles. The fourth-order valence-electron chi connectivity index (χ4n) is 2.92. The van der Waals surface area contributed by atoms with Gasteiger partial charge in [0.2, 0.25) is 0 Å². The van der Waals surface area contributed by atoms with E-state index in [-0.39, 0.29) is 18.2 Å². The highest BCUT2D eigenvalue weighted by Gasteiger charge is 2.26. The van der Waals surface area contributed by atoms with Crippen LogP contribution in [0.1, 0.15) is 41.4 Å². The van der Waals surface area contributed by atoms with E-state index in [2.05, 4.69) is 20.9 Å². The van der Waals surface area contributed by atoms with Gasteiger partial charge in [0, 0.05) is 12.1 Å². The van der Waals surface area contributed by atoms with Crippen LogP contribution in [0.25, 0.3) is 0 Å². The molecule has 0 unspecified atom stereocenters. The Labute approximate surface area is 148 Å². The summed E-state index contributed by atoms with van der Waals surface area (Å²) < 4.78 is 38.7. The van der Waals surface area contributed by atoms with Gasteiger partial charge >= 0.3 is 6.18 Å². The van der Waals surface area contributed by atoms with E-state index < -0.39 is 18.5 Å². The maximum Gasteiger partial charge on any atom is 0.389 e. The molecule has 0 bridgehead atoms. The largest absolute Gasteiger partial charge is 0.389 e. The molecule has 1 aliphatic heterocycles. The Bertz CT molecular complexity index is 753. The van der Waals surface area contributed by atoms with Crippen LogP contribution in [0.5, 0.6) is 0 Å². The molecular formula is C17H20F3N5O. The van der Waals surface area contributed by atoms with E-state index in [0.717, 1.165) is 25.9 Å². The molecular weight excluding hydrogens is 347 g/mol. The van der Waals surface area contributed by atoms with Crippen molar-refractivity contribution in [2.24, 2.45) is 0 Å². The predicted molar refractivity (Wildman–Crippen MR) is 89.9 cm³/mol. The topological polar surface area (TPSA) is 71.8 Å². The summed E-state index contributed by atoms with van der Waals surface area (Å²) in [5.41, 5.74) is 1.13. The van der Waals surface area contributed by atoms with E-state index in [9.17, 15) is 18.0 Å². The molecule has 1 amide bonds. The Balaban J connectivity index is 1.62. The molecule has 9 heteroatoms. The van der Waals surface area contributed by atoms with E-state index in [1.165, 1.54) is 0 Å². The monoisotopic (exact) mass is 367 g/mol. The van der Waals surface area contributed by atoms with E-state index in [1.54, 1.807) is 35.1 Å². The lowest BCUT2D eigenvalue weighted by Gasteiger charge is -2.22. The van der Waals surface area contributed by atoms with Crippen molar-refractivity contribution in [2.45, 2.75) is 37.9 Å². The van der Waals surface area contributed by atoms with Crippen molar-refractivity contribution in [3.8, 4) is 0 Å². The second kappa shape index (κ2) is 7.86. The van der Waals surface area contributed by atoms with Crippen LogP contribution in [-0.4, -0.2) is 40.2 Å². The number of alkyl halides is 3. The van der Waals surface area contributed by atoms with Crippen molar-refractivity contribution in [3.63, 3.8) is 0 Å². The van der Waals surface area contributed by atoms with Gasteiger partial charge in [-0.2, -0.15) is 13.2 Å². The van der Waals surface area contributed by atoms with Crippen LogP contribution in [-0.2, 0) is 6.42 Å². The fraction of sp³-hybridized carbons (Fsp3) is 0.471. The number of piperidine rings is 1. The van der Waals surface area contributed by atoms with Gasteiger partial charge in [-0.15, -0.1) is 5.10 Å². The zero-order valence-electron chi connectivity index (χ0n) is 14.1. The van der Waals surface area contributed by atoms with E-state index in [4.69, 9.17) is 0 Å². The summed E-state index contributed by atoms with van der Waals surface area (Å²) >= 11 is 0. The normalized spacial score (nSPS) is 15.8. The molecule has 2 aromatic rings. The average Bonchev–Trinajstić information content (AvgIpc) is 3.11. The highest BCUT2D eigenvalue weighted by atomic mass is 19.4. The van der Waals surface area contributed by atoms with Gasteiger partial charge in [0.05, 0.1) is 12.2 Å². The highest BCUT2D eigenvalue weighted by Crippen LogP contribution is 2.23. The van der Waals surface area contributed by atoms with Gasteiger partial charge in [0.1, 0.15) is 0 Å². The van der Waals surface area contributed by atoms with Crippen molar-refractivity contribution < 1.29 is 18.0 Å². The summed E-state index contributed by atoms with van der Waals surface area (Å²) in [6.07, 6.45) is -1.77. The lowest BCUT2D eigenvalue weighted by Crippen LogP contribution is -2.29. The van der Waals surface area contributed by atoms with Crippen LogP contribution < -0.4 is 10.6 Å². The van der Waals surface area contributed by atoms with Gasteiger partial charge in [0.25, 0.3) is 5.91 Å². The van der Waals surface area contributed by atoms with E-state index >= 15 is 0 Å². The molecule has 26 heavy (non-hydrogen) atoms. The van der Waals surface area contributed by atoms with Crippen molar-refractivity contribution in [1.82, 2.24) is 20.3 Å². The number of aromatic nitrogens is 3. The first-order valence-electron chi connectivity index (χ1n) is 8.50. The number of nitrogens with zero attached hydrogens (tertiary/aromatic N) is 3. The summed E-state index contributed by atoms with van der Waals surface area (Å²) in [5, 5.41) is 13.9. The molecule has 3 rings (SSSR count). The number of nitrogens with one attached hydrogen (secondary N) is 2. The second-order valence-corrected chi connectivity index (χ2v) is 6.33. The van der Waals surface area contributed by atoms with Crippen LogP contribution in [0.4, 0.5) is 18.9 Å². The lowest BCUT2D eigenvalue weighted by molar-refractivity contribution is -0.134. The molecule has 0 saturated carbocycles. The second-order valence-electron chi connectivity index (χ2n) is 6.33. The zero-order chi connectivity index (χ0) is 18.6. The summed E-state index contributed by atoms with van der Waals surface area (Å²) in [7, 11) is 0. The maximum absolute atomic E-state index is 12.3. The Morgan fingerprint density at radius 3 is 2.81 bits per heavy atom. The molecule has 0 atom stereocenters. The molecule has 1 aliphatic rings. The molecule has 0 aliphatic carbocycles. The van der Waals surface area contributed by atoms with E-state index in [0.29, 0.717) is 11.3 Å². The Morgan fingerprint density at radius 1 is 1.31 bits per heavy atom. The molecule has 0 spiro atoms. The third kappa shape index (κ3) is 5.04. The number of aryl methyl sites for hydroxylation is 1. The summed E-state index contributed by atoms with van der Waals surface area (Å²) in [6.45, 7) is 1.80. The standard InChI is InChI=1S/C17H20F3N5O/c18-17(19,20)7-4-12-2-1-3-13(10-12)22-16(26)15-11-25(24-23-15)14-5-8-21-9-6-14/h1-3,10-11,14,21H,4-9H2,(H,22,26). The van der Waals surface area contributed by atoms with Gasteiger partial charge < -0.3 is 10.6 Å². The van der Waals surface area contributed by atoms with Gasteiger partial charge in [-0.25, -0.2) is 4.68 Å². The summed E-state index contributed by atoms with van der Waals surface area (Å²) in [5.74, 6) is -0.432. The van der Waals surface area contributed by atoms with Crippen molar-refractivity contribution >= 4 is 11.6 Å². The first-order valence-corrected chi connectivity index (χ1v) is 8.50. The molecule has 140 valence electrons. The summed E-state index contributed by atoms with van der Waals surface area (Å²) in [4.78, 5) is 12.3. The number of hydrogen-bond donors (Lipinski definition) is 2. The number of benzene rings is 1. The van der Waals surface area contributed by atoms with Crippen LogP contribution in [0.15, 0.2) is 30.5 Å². The van der Waals surface area contributed by atoms with Crippen LogP contribution >= 0.6 is 0 Å². The number of carbonyl (C=O) groups is 1. The van der Waals surface area contributed by atoms with E-state index in [1.807, 2.05) is 0 Å². The molecule has 1 aromatic heterocycles. The number of hydrogen-bond acceptors (Lipinski definition) is 4. The van der Waals surface area contributed by atoms with Crippen molar-refractivity contribution in [3.05, 3.63) is 41.7 Å². The molecule has 2 N–H and O–H groups in total. The highest BCUT2D eigenvalue weighted by molar-refractivity contribution is 6.02. The minimum Gasteiger partial charge on any atom is -0.321 e. The SMILES string of the molecule is O=C(Nc1cccc(CCC(F)(F)F)c1)c1cn(C2CCNCC2)nn1. The van der Waals surface area contributed by atoms with Crippen molar-refractivity contribution in [1.29, 1.82) is 0 Å². The van der Waals surface area contributed by atoms with Gasteiger partial charge in [0.15, 0.2) is 5.69 Å². The third-order valence-electron chi connectivity index (χ3n) is 4.31. The molecule has 1 aromatic carbocycles. The van der Waals surface area contributed by atoms with Crippen molar-refractivity contribution in [2.75, 3.05) is 18.4 Å². The number of rotatable bonds is 5. The van der Waals surface area contributed by atoms with Gasteiger partial charge in [-0.1, -0.05) is 17.3 Å². The minimum atomic E-state index is -4.20. The number of amides is 1. The maximum atomic E-state index is 12.3. The zero-order valence-corrected chi connectivity index (χ0v) is 14.1. The number of anilines is 1. The lowest BCUT2D eigenvalue weighted by atomic mass is 10.1. The Kier molecular flexibility index (Phi) is 5.55. The average molecular weight is 367 g/mol. The quantitative estimate of drug-likeness (QED) is 0.852. The summed E-state index contributed by atoms with van der Waals surface area (Å²) in [6, 6.07) is 6.62. The smallest absolute Gasteiger partial charge is 0.321 e.